The molecule has 2 aliphatic rings. The van der Waals surface area contributed by atoms with E-state index >= 15 is 0 Å². The first kappa shape index (κ1) is 17.5. The maximum atomic E-state index is 12.5. The van der Waals surface area contributed by atoms with E-state index in [0.29, 0.717) is 49.1 Å². The highest BCUT2D eigenvalue weighted by atomic mass is 35.5. The molecule has 1 aromatic rings. The zero-order valence-electron chi connectivity index (χ0n) is 13.1. The van der Waals surface area contributed by atoms with Gasteiger partial charge in [0.2, 0.25) is 5.91 Å². The van der Waals surface area contributed by atoms with Crippen LogP contribution in [-0.2, 0) is 20.7 Å². The molecule has 0 unspecified atom stereocenters. The maximum Gasteiger partial charge on any atom is 0.311 e. The van der Waals surface area contributed by atoms with Crippen molar-refractivity contribution in [2.75, 3.05) is 26.3 Å². The number of ether oxygens (including phenoxy) is 1. The van der Waals surface area contributed by atoms with Crippen LogP contribution < -0.4 is 0 Å². The summed E-state index contributed by atoms with van der Waals surface area (Å²) in [7, 11) is 0. The molecule has 2 heterocycles. The second-order valence-corrected chi connectivity index (χ2v) is 7.34. The fourth-order valence-corrected chi connectivity index (χ4v) is 4.12. The van der Waals surface area contributed by atoms with E-state index in [9.17, 15) is 14.7 Å². The summed E-state index contributed by atoms with van der Waals surface area (Å²) in [6.45, 7) is 1.55. The standard InChI is InChI=1S/C17H19Cl2NO4/c18-13-3-1-11(14(19)7-13)2-4-15(21)20-8-12-9-24-6-5-17(12,10-20)16(22)23/h1,3,7,12H,2,4-6,8-10H2,(H,22,23)/t12-,17+/m0/s1. The highest BCUT2D eigenvalue weighted by molar-refractivity contribution is 6.35. The Kier molecular flexibility index (Phi) is 5.04. The van der Waals surface area contributed by atoms with E-state index < -0.39 is 11.4 Å². The predicted molar refractivity (Wildman–Crippen MR) is 90.4 cm³/mol. The molecule has 2 fully saturated rings. The van der Waals surface area contributed by atoms with Crippen LogP contribution in [0.2, 0.25) is 10.0 Å². The Morgan fingerprint density at radius 1 is 1.38 bits per heavy atom. The molecule has 0 aromatic heterocycles. The van der Waals surface area contributed by atoms with Gasteiger partial charge in [0.05, 0.1) is 12.0 Å². The zero-order chi connectivity index (χ0) is 17.3. The van der Waals surface area contributed by atoms with E-state index in [0.717, 1.165) is 5.56 Å². The van der Waals surface area contributed by atoms with Gasteiger partial charge in [-0.2, -0.15) is 0 Å². The first-order chi connectivity index (χ1) is 11.4. The highest BCUT2D eigenvalue weighted by Gasteiger charge is 2.54. The molecule has 5 nitrogen and oxygen atoms in total. The first-order valence-electron chi connectivity index (χ1n) is 7.95. The minimum Gasteiger partial charge on any atom is -0.481 e. The third kappa shape index (κ3) is 3.25. The van der Waals surface area contributed by atoms with Crippen molar-refractivity contribution >= 4 is 35.1 Å². The van der Waals surface area contributed by atoms with Gasteiger partial charge >= 0.3 is 5.97 Å². The summed E-state index contributed by atoms with van der Waals surface area (Å²) in [5, 5.41) is 10.7. The Labute approximate surface area is 150 Å². The fourth-order valence-electron chi connectivity index (χ4n) is 3.61. The number of aryl methyl sites for hydroxylation is 1. The summed E-state index contributed by atoms with van der Waals surface area (Å²) in [6.07, 6.45) is 1.26. The second-order valence-electron chi connectivity index (χ2n) is 6.49. The monoisotopic (exact) mass is 371 g/mol. The highest BCUT2D eigenvalue weighted by Crippen LogP contribution is 2.42. The number of hydrogen-bond acceptors (Lipinski definition) is 3. The SMILES string of the molecule is O=C(CCc1ccc(Cl)cc1Cl)N1C[C@H]2COCC[C@@]2(C(=O)O)C1. The van der Waals surface area contributed by atoms with E-state index in [1.165, 1.54) is 0 Å². The molecule has 0 saturated carbocycles. The van der Waals surface area contributed by atoms with Gasteiger partial charge in [-0.05, 0) is 30.5 Å². The molecule has 0 spiro atoms. The van der Waals surface area contributed by atoms with Crippen molar-refractivity contribution in [1.29, 1.82) is 0 Å². The van der Waals surface area contributed by atoms with Crippen LogP contribution in [0, 0.1) is 11.3 Å². The molecule has 3 rings (SSSR count). The molecule has 24 heavy (non-hydrogen) atoms. The van der Waals surface area contributed by atoms with Gasteiger partial charge in [-0.25, -0.2) is 0 Å². The van der Waals surface area contributed by atoms with Crippen LogP contribution in [0.25, 0.3) is 0 Å². The minimum atomic E-state index is -0.855. The van der Waals surface area contributed by atoms with Crippen molar-refractivity contribution in [2.45, 2.75) is 19.3 Å². The van der Waals surface area contributed by atoms with Crippen molar-refractivity contribution < 1.29 is 19.4 Å². The van der Waals surface area contributed by atoms with Crippen LogP contribution in [0.4, 0.5) is 0 Å². The fraction of sp³-hybridized carbons (Fsp3) is 0.529. The van der Waals surface area contributed by atoms with Crippen molar-refractivity contribution in [3.8, 4) is 0 Å². The number of fused-ring (bicyclic) bond motifs is 1. The van der Waals surface area contributed by atoms with Gasteiger partial charge in [0.15, 0.2) is 0 Å². The van der Waals surface area contributed by atoms with Gasteiger partial charge in [0.25, 0.3) is 0 Å². The van der Waals surface area contributed by atoms with Gasteiger partial charge in [0.1, 0.15) is 0 Å². The quantitative estimate of drug-likeness (QED) is 0.883. The zero-order valence-corrected chi connectivity index (χ0v) is 14.6. The number of aliphatic carboxylic acids is 1. The van der Waals surface area contributed by atoms with Crippen molar-refractivity contribution in [3.05, 3.63) is 33.8 Å². The molecule has 2 aliphatic heterocycles. The van der Waals surface area contributed by atoms with Crippen LogP contribution in [0.3, 0.4) is 0 Å². The van der Waals surface area contributed by atoms with Crippen LogP contribution in [0.1, 0.15) is 18.4 Å². The number of benzene rings is 1. The maximum absolute atomic E-state index is 12.5. The Balaban J connectivity index is 1.65. The van der Waals surface area contributed by atoms with Gasteiger partial charge < -0.3 is 14.7 Å². The van der Waals surface area contributed by atoms with Crippen LogP contribution in [0.5, 0.6) is 0 Å². The molecule has 1 N–H and O–H groups in total. The number of carbonyl (C=O) groups is 2. The average Bonchev–Trinajstić information content (AvgIpc) is 2.95. The van der Waals surface area contributed by atoms with Gasteiger partial charge in [-0.3, -0.25) is 9.59 Å². The lowest BCUT2D eigenvalue weighted by Crippen LogP contribution is -2.45. The minimum absolute atomic E-state index is 0.0453. The smallest absolute Gasteiger partial charge is 0.311 e. The third-order valence-electron chi connectivity index (χ3n) is 5.11. The Morgan fingerprint density at radius 2 is 2.17 bits per heavy atom. The molecule has 7 heteroatoms. The van der Waals surface area contributed by atoms with Crippen molar-refractivity contribution in [3.63, 3.8) is 0 Å². The Bertz CT molecular complexity index is 666. The van der Waals surface area contributed by atoms with E-state index in [-0.39, 0.29) is 18.4 Å². The number of rotatable bonds is 4. The number of amides is 1. The number of carboxylic acid groups (broad SMARTS) is 1. The van der Waals surface area contributed by atoms with Gasteiger partial charge in [-0.1, -0.05) is 29.3 Å². The van der Waals surface area contributed by atoms with E-state index in [1.807, 2.05) is 6.07 Å². The average molecular weight is 372 g/mol. The van der Waals surface area contributed by atoms with E-state index in [4.69, 9.17) is 27.9 Å². The normalized spacial score (nSPS) is 26.2. The van der Waals surface area contributed by atoms with Crippen LogP contribution >= 0.6 is 23.2 Å². The van der Waals surface area contributed by atoms with Gasteiger partial charge in [-0.15, -0.1) is 0 Å². The third-order valence-corrected chi connectivity index (χ3v) is 5.70. The molecule has 0 aliphatic carbocycles. The Morgan fingerprint density at radius 3 is 2.83 bits per heavy atom. The predicted octanol–water partition coefficient (Wildman–Crippen LogP) is 2.88. The molecule has 1 aromatic carbocycles. The lowest BCUT2D eigenvalue weighted by Gasteiger charge is -2.33. The molecular formula is C17H19Cl2NO4. The lowest BCUT2D eigenvalue weighted by molar-refractivity contribution is -0.157. The van der Waals surface area contributed by atoms with Crippen molar-refractivity contribution in [2.24, 2.45) is 11.3 Å². The largest absolute Gasteiger partial charge is 0.481 e. The number of hydrogen-bond donors (Lipinski definition) is 1. The summed E-state index contributed by atoms with van der Waals surface area (Å²) >= 11 is 12.0. The number of nitrogens with zero attached hydrogens (tertiary/aromatic N) is 1. The summed E-state index contributed by atoms with van der Waals surface area (Å²) in [4.78, 5) is 26.0. The summed E-state index contributed by atoms with van der Waals surface area (Å²) in [5.74, 6) is -1.00. The topological polar surface area (TPSA) is 66.8 Å². The summed E-state index contributed by atoms with van der Waals surface area (Å²) in [5.41, 5.74) is 0.00792. The second kappa shape index (κ2) is 6.90. The number of carboxylic acids is 1. The molecule has 0 bridgehead atoms. The summed E-state index contributed by atoms with van der Waals surface area (Å²) < 4.78 is 5.41. The Hall–Kier alpha value is -1.30. The van der Waals surface area contributed by atoms with Gasteiger partial charge in [0, 0.05) is 42.1 Å². The lowest BCUT2D eigenvalue weighted by atomic mass is 9.74. The molecule has 130 valence electrons. The molecule has 2 atom stereocenters. The van der Waals surface area contributed by atoms with Crippen molar-refractivity contribution in [1.82, 2.24) is 4.90 Å². The summed E-state index contributed by atoms with van der Waals surface area (Å²) in [6, 6.07) is 5.22. The van der Waals surface area contributed by atoms with E-state index in [2.05, 4.69) is 0 Å². The first-order valence-corrected chi connectivity index (χ1v) is 8.71. The number of carbonyl (C=O) groups excluding carboxylic acids is 1. The molecule has 0 radical (unpaired) electrons. The molecular weight excluding hydrogens is 353 g/mol. The molecule has 2 saturated heterocycles. The molecule has 1 amide bonds. The van der Waals surface area contributed by atoms with Crippen LogP contribution in [-0.4, -0.2) is 48.2 Å². The number of halogens is 2. The number of likely N-dealkylation sites (tertiary alicyclic amines) is 1. The van der Waals surface area contributed by atoms with E-state index in [1.54, 1.807) is 17.0 Å². The van der Waals surface area contributed by atoms with Crippen LogP contribution in [0.15, 0.2) is 18.2 Å².